The van der Waals surface area contributed by atoms with Gasteiger partial charge in [0.25, 0.3) is 0 Å². The van der Waals surface area contributed by atoms with Gasteiger partial charge in [0.2, 0.25) is 0 Å². The van der Waals surface area contributed by atoms with Crippen LogP contribution in [0.2, 0.25) is 0 Å². The minimum absolute atomic E-state index is 1.03. The summed E-state index contributed by atoms with van der Waals surface area (Å²) in [4.78, 5) is 0. The van der Waals surface area contributed by atoms with Crippen LogP contribution >= 0.6 is 0 Å². The Morgan fingerprint density at radius 2 is 1.91 bits per heavy atom. The monoisotopic (exact) mass is 147 g/mol. The Morgan fingerprint density at radius 3 is 2.91 bits per heavy atom. The average molecular weight is 147 g/mol. The molecule has 0 saturated carbocycles. The molecular formula is C11H15. The highest BCUT2D eigenvalue weighted by molar-refractivity contribution is 5.04. The predicted molar refractivity (Wildman–Crippen MR) is 49.2 cm³/mol. The van der Waals surface area contributed by atoms with Crippen LogP contribution in [-0.2, 0) is 0 Å². The minimum atomic E-state index is 1.03. The lowest BCUT2D eigenvalue weighted by Gasteiger charge is -1.90. The third kappa shape index (κ3) is 4.60. The van der Waals surface area contributed by atoms with Crippen molar-refractivity contribution in [2.75, 3.05) is 0 Å². The Balaban J connectivity index is 2.35. The highest BCUT2D eigenvalue weighted by Gasteiger charge is 1.84. The molecule has 0 aromatic carbocycles. The van der Waals surface area contributed by atoms with Crippen LogP contribution in [0.4, 0.5) is 0 Å². The molecule has 0 bridgehead atoms. The van der Waals surface area contributed by atoms with Gasteiger partial charge in [-0.05, 0) is 38.2 Å². The molecule has 0 aromatic heterocycles. The van der Waals surface area contributed by atoms with Crippen molar-refractivity contribution in [2.45, 2.75) is 32.1 Å². The van der Waals surface area contributed by atoms with Gasteiger partial charge in [-0.25, -0.2) is 0 Å². The second kappa shape index (κ2) is 5.96. The van der Waals surface area contributed by atoms with E-state index in [1.54, 1.807) is 0 Å². The lowest BCUT2D eigenvalue weighted by Crippen LogP contribution is -1.71. The molecule has 0 aliphatic heterocycles. The van der Waals surface area contributed by atoms with E-state index in [0.717, 1.165) is 12.8 Å². The number of hydrogen-bond acceptors (Lipinski definition) is 0. The van der Waals surface area contributed by atoms with Crippen LogP contribution in [0.25, 0.3) is 0 Å². The lowest BCUT2D eigenvalue weighted by molar-refractivity contribution is 0.753. The van der Waals surface area contributed by atoms with Crippen molar-refractivity contribution in [1.82, 2.24) is 0 Å². The summed E-state index contributed by atoms with van der Waals surface area (Å²) < 4.78 is 0. The quantitative estimate of drug-likeness (QED) is 0.492. The minimum Gasteiger partial charge on any atom is -0.0845 e. The Labute approximate surface area is 69.3 Å². The van der Waals surface area contributed by atoms with E-state index in [9.17, 15) is 0 Å². The van der Waals surface area contributed by atoms with Gasteiger partial charge in [-0.2, -0.15) is 0 Å². The van der Waals surface area contributed by atoms with Crippen molar-refractivity contribution >= 4 is 0 Å². The molecule has 11 heavy (non-hydrogen) atoms. The molecule has 59 valence electrons. The van der Waals surface area contributed by atoms with Crippen molar-refractivity contribution in [2.24, 2.45) is 0 Å². The first kappa shape index (κ1) is 8.32. The zero-order chi connectivity index (χ0) is 7.78. The maximum absolute atomic E-state index is 3.28. The molecule has 1 aliphatic rings. The molecule has 0 heteroatoms. The largest absolute Gasteiger partial charge is 0.0845 e. The van der Waals surface area contributed by atoms with E-state index >= 15 is 0 Å². The Hall–Kier alpha value is -0.780. The van der Waals surface area contributed by atoms with Crippen LogP contribution < -0.4 is 0 Å². The molecule has 1 rings (SSSR count). The number of rotatable bonds is 0. The fourth-order valence-electron chi connectivity index (χ4n) is 1.07. The average Bonchev–Trinajstić information content (AvgIpc) is 2.08. The lowest BCUT2D eigenvalue weighted by atomic mass is 10.2. The van der Waals surface area contributed by atoms with Gasteiger partial charge in [0.05, 0.1) is 0 Å². The summed E-state index contributed by atoms with van der Waals surface area (Å²) in [5, 5.41) is 0. The van der Waals surface area contributed by atoms with E-state index in [-0.39, 0.29) is 0 Å². The second-order valence-corrected chi connectivity index (χ2v) is 2.75. The molecule has 0 saturated heterocycles. The third-order valence-corrected chi connectivity index (χ3v) is 1.72. The van der Waals surface area contributed by atoms with Crippen LogP contribution in [0.3, 0.4) is 0 Å². The molecule has 0 N–H and O–H groups in total. The summed E-state index contributed by atoms with van der Waals surface area (Å²) in [7, 11) is 0. The van der Waals surface area contributed by atoms with Gasteiger partial charge in [-0.1, -0.05) is 30.4 Å². The van der Waals surface area contributed by atoms with Crippen molar-refractivity contribution in [3.63, 3.8) is 0 Å². The Morgan fingerprint density at radius 1 is 1.00 bits per heavy atom. The maximum Gasteiger partial charge on any atom is -0.0160 e. The highest BCUT2D eigenvalue weighted by Crippen LogP contribution is 2.03. The molecule has 0 heterocycles. The van der Waals surface area contributed by atoms with Gasteiger partial charge in [0, 0.05) is 0 Å². The predicted octanol–water partition coefficient (Wildman–Crippen LogP) is 3.42. The molecule has 0 nitrogen and oxygen atoms in total. The van der Waals surface area contributed by atoms with Crippen molar-refractivity contribution in [3.05, 3.63) is 36.5 Å². The van der Waals surface area contributed by atoms with E-state index in [4.69, 9.17) is 0 Å². The molecule has 0 unspecified atom stereocenters. The Bertz CT molecular complexity index is 161. The van der Waals surface area contributed by atoms with Crippen molar-refractivity contribution in [1.29, 1.82) is 0 Å². The number of allylic oxidation sites excluding steroid dienone is 6. The van der Waals surface area contributed by atoms with Crippen LogP contribution in [-0.4, -0.2) is 0 Å². The van der Waals surface area contributed by atoms with Gasteiger partial charge in [-0.15, -0.1) is 0 Å². The van der Waals surface area contributed by atoms with E-state index in [1.807, 2.05) is 0 Å². The Kier molecular flexibility index (Phi) is 4.51. The molecule has 0 spiro atoms. The fourth-order valence-corrected chi connectivity index (χ4v) is 1.07. The van der Waals surface area contributed by atoms with E-state index in [0.29, 0.717) is 0 Å². The topological polar surface area (TPSA) is 0 Å². The standard InChI is InChI=1S/C11H15/c1-2-4-6-8-10-11-9-7-5-3-1/h1-4,7H,5-6,8,10-11H2/b3-1-,4-2-,9-7?. The second-order valence-electron chi connectivity index (χ2n) is 2.75. The summed E-state index contributed by atoms with van der Waals surface area (Å²) in [6.07, 6.45) is 20.0. The van der Waals surface area contributed by atoms with Gasteiger partial charge >= 0.3 is 0 Å². The van der Waals surface area contributed by atoms with Gasteiger partial charge in [-0.3, -0.25) is 0 Å². The molecular weight excluding hydrogens is 132 g/mol. The van der Waals surface area contributed by atoms with E-state index < -0.39 is 0 Å². The summed E-state index contributed by atoms with van der Waals surface area (Å²) in [6.45, 7) is 0. The first-order valence-electron chi connectivity index (χ1n) is 4.37. The van der Waals surface area contributed by atoms with Crippen LogP contribution in [0.5, 0.6) is 0 Å². The first-order chi connectivity index (χ1) is 5.50. The normalized spacial score (nSPS) is 28.4. The number of hydrogen-bond donors (Lipinski definition) is 0. The summed E-state index contributed by atoms with van der Waals surface area (Å²) in [6, 6.07) is 0. The highest BCUT2D eigenvalue weighted by atomic mass is 13.9. The zero-order valence-electron chi connectivity index (χ0n) is 6.92. The molecule has 1 radical (unpaired) electrons. The summed E-state index contributed by atoms with van der Waals surface area (Å²) in [5.74, 6) is 0. The maximum atomic E-state index is 3.28. The molecule has 0 amide bonds. The van der Waals surface area contributed by atoms with Gasteiger partial charge in [0.1, 0.15) is 0 Å². The first-order valence-corrected chi connectivity index (χ1v) is 4.37. The fraction of sp³-hybridized carbons (Fsp3) is 0.455. The smallest absolute Gasteiger partial charge is 0.0160 e. The van der Waals surface area contributed by atoms with Crippen LogP contribution in [0, 0.1) is 6.08 Å². The van der Waals surface area contributed by atoms with Crippen LogP contribution in [0.1, 0.15) is 32.1 Å². The van der Waals surface area contributed by atoms with Crippen molar-refractivity contribution in [3.8, 4) is 0 Å². The third-order valence-electron chi connectivity index (χ3n) is 1.72. The zero-order valence-corrected chi connectivity index (χ0v) is 6.92. The molecule has 1 aliphatic carbocycles. The van der Waals surface area contributed by atoms with Crippen molar-refractivity contribution < 1.29 is 0 Å². The molecule has 0 fully saturated rings. The van der Waals surface area contributed by atoms with Gasteiger partial charge < -0.3 is 0 Å². The van der Waals surface area contributed by atoms with Crippen LogP contribution in [0.15, 0.2) is 30.4 Å². The summed E-state index contributed by atoms with van der Waals surface area (Å²) in [5.41, 5.74) is 0. The van der Waals surface area contributed by atoms with E-state index in [1.165, 1.54) is 19.3 Å². The molecule has 0 atom stereocenters. The van der Waals surface area contributed by atoms with E-state index in [2.05, 4.69) is 36.5 Å². The molecule has 0 aromatic rings. The van der Waals surface area contributed by atoms with Gasteiger partial charge in [0.15, 0.2) is 0 Å². The SMILES string of the molecule is [C]1=C\C/C=C\C=C/CCCC/1. The summed E-state index contributed by atoms with van der Waals surface area (Å²) >= 11 is 0.